The van der Waals surface area contributed by atoms with Crippen LogP contribution < -0.4 is 10.1 Å². The number of rotatable bonds is 6. The number of aromatic nitrogens is 2. The monoisotopic (exact) mass is 357 g/mol. The van der Waals surface area contributed by atoms with Gasteiger partial charge < -0.3 is 9.94 Å². The van der Waals surface area contributed by atoms with Gasteiger partial charge in [0.2, 0.25) is 0 Å². The van der Waals surface area contributed by atoms with Crippen molar-refractivity contribution in [2.75, 3.05) is 11.8 Å². The molecular formula is C18H19N3O5. The molecule has 8 heteroatoms. The lowest BCUT2D eigenvalue weighted by Crippen LogP contribution is -2.33. The Kier molecular flexibility index (Phi) is 4.54. The van der Waals surface area contributed by atoms with Crippen molar-refractivity contribution >= 4 is 22.7 Å². The van der Waals surface area contributed by atoms with Crippen molar-refractivity contribution in [2.24, 2.45) is 5.41 Å². The van der Waals surface area contributed by atoms with Crippen molar-refractivity contribution < 1.29 is 25.2 Å². The lowest BCUT2D eigenvalue weighted by atomic mass is 9.96. The number of aliphatic carboxylic acids is 1. The van der Waals surface area contributed by atoms with Gasteiger partial charge in [0.1, 0.15) is 12.1 Å². The minimum absolute atomic E-state index is 0.000156. The van der Waals surface area contributed by atoms with E-state index in [1.807, 2.05) is 30.3 Å². The number of carboxylic acid groups (broad SMARTS) is 1. The predicted molar refractivity (Wildman–Crippen MR) is 94.1 cm³/mol. The average Bonchev–Trinajstić information content (AvgIpc) is 2.98. The first-order valence-corrected chi connectivity index (χ1v) is 7.92. The number of anilines is 1. The molecule has 3 aromatic rings. The Bertz CT molecular complexity index is 935. The van der Waals surface area contributed by atoms with Crippen LogP contribution in [0.1, 0.15) is 13.8 Å². The molecule has 0 atom stereocenters. The number of carboxylic acids is 1. The fraction of sp³-hybridized carbons (Fsp3) is 0.222. The fourth-order valence-corrected chi connectivity index (χ4v) is 2.35. The molecule has 3 rings (SSSR count). The minimum atomic E-state index is -1.11. The van der Waals surface area contributed by atoms with Gasteiger partial charge in [0.25, 0.3) is 0 Å². The van der Waals surface area contributed by atoms with Crippen molar-refractivity contribution in [1.29, 1.82) is 0 Å². The molecule has 3 N–H and O–H groups in total. The van der Waals surface area contributed by atoms with Gasteiger partial charge >= 0.3 is 5.97 Å². The highest BCUT2D eigenvalue weighted by Crippen LogP contribution is 2.27. The quantitative estimate of drug-likeness (QED) is 0.582. The van der Waals surface area contributed by atoms with Crippen LogP contribution in [0.15, 0.2) is 48.5 Å². The first-order valence-electron chi connectivity index (χ1n) is 7.92. The molecule has 0 unspecified atom stereocenters. The maximum Gasteiger partial charge on any atom is 0.312 e. The van der Waals surface area contributed by atoms with Gasteiger partial charge in [0.05, 0.1) is 16.6 Å². The maximum absolute atomic E-state index is 11.4. The molecule has 0 aliphatic heterocycles. The molecule has 2 aromatic carbocycles. The predicted octanol–water partition coefficient (Wildman–Crippen LogP) is 2.83. The van der Waals surface area contributed by atoms with Crippen LogP contribution in [0.2, 0.25) is 0 Å². The van der Waals surface area contributed by atoms with Crippen molar-refractivity contribution in [3.05, 3.63) is 48.5 Å². The van der Waals surface area contributed by atoms with Gasteiger partial charge in [-0.1, -0.05) is 30.3 Å². The standard InChI is InChI=1S/C18H19N3O5/c1-18(2,17(22)23)11-26-20-15-10-13(21(24)25)8-9-14(15)19-16(20)12-6-4-3-5-7-12/h3-10,24-25H,11H2,1-2H3,(H,22,23). The normalized spacial score (nSPS) is 11.5. The lowest BCUT2D eigenvalue weighted by molar-refractivity contribution is -0.150. The Balaban J connectivity index is 2.12. The molecule has 26 heavy (non-hydrogen) atoms. The smallest absolute Gasteiger partial charge is 0.312 e. The number of imidazole rings is 1. The third-order valence-electron chi connectivity index (χ3n) is 3.99. The zero-order valence-corrected chi connectivity index (χ0v) is 14.3. The zero-order chi connectivity index (χ0) is 18.9. The summed E-state index contributed by atoms with van der Waals surface area (Å²) in [5, 5.41) is 27.8. The lowest BCUT2D eigenvalue weighted by Gasteiger charge is -2.21. The maximum atomic E-state index is 11.4. The second kappa shape index (κ2) is 6.66. The molecule has 136 valence electrons. The second-order valence-electron chi connectivity index (χ2n) is 6.52. The molecule has 0 radical (unpaired) electrons. The minimum Gasteiger partial charge on any atom is -0.481 e. The first-order chi connectivity index (χ1) is 12.3. The van der Waals surface area contributed by atoms with E-state index in [4.69, 9.17) is 4.84 Å². The molecule has 0 saturated carbocycles. The van der Waals surface area contributed by atoms with E-state index >= 15 is 0 Å². The van der Waals surface area contributed by atoms with E-state index in [0.29, 0.717) is 16.9 Å². The van der Waals surface area contributed by atoms with Crippen molar-refractivity contribution in [2.45, 2.75) is 13.8 Å². The van der Waals surface area contributed by atoms with Crippen LogP contribution in [-0.2, 0) is 4.79 Å². The van der Waals surface area contributed by atoms with Crippen molar-refractivity contribution in [3.63, 3.8) is 0 Å². The molecule has 0 amide bonds. The van der Waals surface area contributed by atoms with E-state index in [2.05, 4.69) is 4.98 Å². The molecule has 0 aliphatic carbocycles. The van der Waals surface area contributed by atoms with Gasteiger partial charge in [-0.05, 0) is 32.0 Å². The fourth-order valence-electron chi connectivity index (χ4n) is 2.35. The van der Waals surface area contributed by atoms with Crippen LogP contribution in [0.4, 0.5) is 5.69 Å². The summed E-state index contributed by atoms with van der Waals surface area (Å²) in [6, 6.07) is 13.9. The number of benzene rings is 2. The van der Waals surface area contributed by atoms with E-state index < -0.39 is 11.4 Å². The van der Waals surface area contributed by atoms with Gasteiger partial charge in [0.15, 0.2) is 5.82 Å². The summed E-state index contributed by atoms with van der Waals surface area (Å²) in [5.74, 6) is -0.498. The Morgan fingerprint density at radius 2 is 1.88 bits per heavy atom. The molecule has 0 spiro atoms. The molecule has 0 aliphatic rings. The Hall–Kier alpha value is -3.10. The van der Waals surface area contributed by atoms with Crippen LogP contribution in [0.5, 0.6) is 0 Å². The van der Waals surface area contributed by atoms with Crippen molar-refractivity contribution in [3.8, 4) is 11.4 Å². The van der Waals surface area contributed by atoms with E-state index in [1.54, 1.807) is 19.9 Å². The third-order valence-corrected chi connectivity index (χ3v) is 3.99. The number of carbonyl (C=O) groups is 1. The highest BCUT2D eigenvalue weighted by molar-refractivity contribution is 5.83. The molecular weight excluding hydrogens is 338 g/mol. The Morgan fingerprint density at radius 3 is 2.50 bits per heavy atom. The average molecular weight is 357 g/mol. The van der Waals surface area contributed by atoms with E-state index in [-0.39, 0.29) is 17.5 Å². The van der Waals surface area contributed by atoms with Gasteiger partial charge in [-0.15, -0.1) is 5.23 Å². The van der Waals surface area contributed by atoms with E-state index in [1.165, 1.54) is 16.9 Å². The van der Waals surface area contributed by atoms with Crippen LogP contribution in [0, 0.1) is 5.41 Å². The van der Waals surface area contributed by atoms with Crippen LogP contribution in [-0.4, -0.2) is 37.8 Å². The highest BCUT2D eigenvalue weighted by atomic mass is 16.8. The summed E-state index contributed by atoms with van der Waals surface area (Å²) in [4.78, 5) is 21.7. The zero-order valence-electron chi connectivity index (χ0n) is 14.3. The second-order valence-corrected chi connectivity index (χ2v) is 6.52. The number of fused-ring (bicyclic) bond motifs is 1. The molecule has 8 nitrogen and oxygen atoms in total. The van der Waals surface area contributed by atoms with Gasteiger partial charge in [-0.3, -0.25) is 15.2 Å². The Labute approximate surface area is 149 Å². The summed E-state index contributed by atoms with van der Waals surface area (Å²) in [6.45, 7) is 3.02. The van der Waals surface area contributed by atoms with Crippen LogP contribution in [0.3, 0.4) is 0 Å². The molecule has 1 heterocycles. The number of hydrogen-bond donors (Lipinski definition) is 3. The van der Waals surface area contributed by atoms with Crippen molar-refractivity contribution in [1.82, 2.24) is 9.71 Å². The summed E-state index contributed by atoms with van der Waals surface area (Å²) in [5.41, 5.74) is 0.850. The van der Waals surface area contributed by atoms with Gasteiger partial charge in [-0.2, -0.15) is 4.73 Å². The first kappa shape index (κ1) is 17.7. The summed E-state index contributed by atoms with van der Waals surface area (Å²) in [6.07, 6.45) is 0. The molecule has 0 saturated heterocycles. The largest absolute Gasteiger partial charge is 0.481 e. The molecule has 0 bridgehead atoms. The van der Waals surface area contributed by atoms with E-state index in [9.17, 15) is 20.3 Å². The topological polar surface area (TPSA) is 108 Å². The van der Waals surface area contributed by atoms with Crippen LogP contribution in [0.25, 0.3) is 22.4 Å². The van der Waals surface area contributed by atoms with E-state index in [0.717, 1.165) is 5.56 Å². The Morgan fingerprint density at radius 1 is 1.19 bits per heavy atom. The summed E-state index contributed by atoms with van der Waals surface area (Å²) >= 11 is 0. The third kappa shape index (κ3) is 3.32. The van der Waals surface area contributed by atoms with Gasteiger partial charge in [0, 0.05) is 5.56 Å². The number of nitrogens with zero attached hydrogens (tertiary/aromatic N) is 3. The highest BCUT2D eigenvalue weighted by Gasteiger charge is 2.29. The van der Waals surface area contributed by atoms with Crippen LogP contribution >= 0.6 is 0 Å². The molecule has 0 fully saturated rings. The summed E-state index contributed by atoms with van der Waals surface area (Å²) in [7, 11) is 0. The molecule has 1 aromatic heterocycles. The SMILES string of the molecule is CC(C)(COn1c(-c2ccccc2)nc2ccc(N(O)O)cc21)C(=O)O. The number of hydrogen-bond acceptors (Lipinski definition) is 6. The summed E-state index contributed by atoms with van der Waals surface area (Å²) < 4.78 is 1.42. The van der Waals surface area contributed by atoms with Gasteiger partial charge in [-0.25, -0.2) is 4.98 Å².